The number of rotatable bonds is 6. The molecule has 2 aromatic rings. The van der Waals surface area contributed by atoms with Crippen molar-refractivity contribution in [1.29, 1.82) is 0 Å². The molecule has 0 saturated carbocycles. The molecule has 2 nitrogen and oxygen atoms in total. The Morgan fingerprint density at radius 3 is 2.75 bits per heavy atom. The molecule has 1 aromatic heterocycles. The molecule has 0 fully saturated rings. The molecule has 0 amide bonds. The molecule has 0 aliphatic heterocycles. The quantitative estimate of drug-likeness (QED) is 0.753. The Balaban J connectivity index is 1.93. The molecule has 20 heavy (non-hydrogen) atoms. The van der Waals surface area contributed by atoms with E-state index in [0.29, 0.717) is 12.6 Å². The van der Waals surface area contributed by atoms with Gasteiger partial charge in [0, 0.05) is 16.5 Å². The van der Waals surface area contributed by atoms with Crippen molar-refractivity contribution in [3.05, 3.63) is 57.8 Å². The van der Waals surface area contributed by atoms with E-state index in [2.05, 4.69) is 29.3 Å². The van der Waals surface area contributed by atoms with E-state index in [4.69, 9.17) is 0 Å². The predicted octanol–water partition coefficient (Wildman–Crippen LogP) is 3.80. The molecule has 0 N–H and O–H groups in total. The largest absolute Gasteiger partial charge is 0.296 e. The molecular weight excluding hydrogens is 266 g/mol. The van der Waals surface area contributed by atoms with Crippen LogP contribution in [-0.2, 0) is 6.42 Å². The van der Waals surface area contributed by atoms with E-state index in [1.165, 1.54) is 4.88 Å². The first-order valence-electron chi connectivity index (χ1n) is 6.89. The van der Waals surface area contributed by atoms with Crippen molar-refractivity contribution in [2.45, 2.75) is 26.3 Å². The number of hydrogen-bond donors (Lipinski definition) is 0. The molecule has 1 heterocycles. The maximum Gasteiger partial charge on any atom is 0.176 e. The van der Waals surface area contributed by atoms with Crippen LogP contribution in [0.1, 0.15) is 27.7 Å². The number of nitrogens with zero attached hydrogens (tertiary/aromatic N) is 1. The minimum atomic E-state index is 0.189. The third-order valence-electron chi connectivity index (χ3n) is 3.56. The summed E-state index contributed by atoms with van der Waals surface area (Å²) in [5, 5.41) is 2.10. The lowest BCUT2D eigenvalue weighted by Gasteiger charge is -2.23. The van der Waals surface area contributed by atoms with Crippen molar-refractivity contribution >= 4 is 17.1 Å². The second-order valence-electron chi connectivity index (χ2n) is 5.34. The van der Waals surface area contributed by atoms with E-state index >= 15 is 0 Å². The lowest BCUT2D eigenvalue weighted by molar-refractivity contribution is 0.0924. The first kappa shape index (κ1) is 14.9. The first-order valence-corrected chi connectivity index (χ1v) is 7.76. The molecule has 0 aliphatic carbocycles. The number of Topliss-reactive ketones (excluding diaryl/α,β-unsaturated/α-hetero) is 1. The third kappa shape index (κ3) is 4.02. The number of hydrogen-bond acceptors (Lipinski definition) is 3. The normalized spacial score (nSPS) is 12.6. The van der Waals surface area contributed by atoms with Crippen LogP contribution in [0.25, 0.3) is 0 Å². The summed E-state index contributed by atoms with van der Waals surface area (Å²) in [6, 6.07) is 12.4. The Morgan fingerprint density at radius 1 is 1.30 bits per heavy atom. The number of aryl methyl sites for hydroxylation is 1. The minimum absolute atomic E-state index is 0.189. The molecule has 0 saturated heterocycles. The molecule has 1 atom stereocenters. The standard InChI is InChI=1S/C17H21NOS/c1-13-6-4-7-15(10-13)17(19)12-18(3)14(2)11-16-8-5-9-20-16/h4-10,14H,11-12H2,1-3H3. The summed E-state index contributed by atoms with van der Waals surface area (Å²) in [5.41, 5.74) is 1.94. The third-order valence-corrected chi connectivity index (χ3v) is 4.46. The SMILES string of the molecule is Cc1cccc(C(=O)CN(C)C(C)Cc2cccs2)c1. The summed E-state index contributed by atoms with van der Waals surface area (Å²) in [6.07, 6.45) is 0.995. The molecule has 2 rings (SSSR count). The lowest BCUT2D eigenvalue weighted by atomic mass is 10.1. The summed E-state index contributed by atoms with van der Waals surface area (Å²) in [6.45, 7) is 4.65. The Labute approximate surface area is 125 Å². The van der Waals surface area contributed by atoms with E-state index in [9.17, 15) is 4.79 Å². The summed E-state index contributed by atoms with van der Waals surface area (Å²) in [4.78, 5) is 15.8. The molecule has 3 heteroatoms. The molecule has 1 aromatic carbocycles. The van der Waals surface area contributed by atoms with Gasteiger partial charge in [0.25, 0.3) is 0 Å². The van der Waals surface area contributed by atoms with Gasteiger partial charge in [-0.2, -0.15) is 0 Å². The number of carbonyl (C=O) groups excluding carboxylic acids is 1. The second-order valence-corrected chi connectivity index (χ2v) is 6.37. The van der Waals surface area contributed by atoms with Gasteiger partial charge in [-0.15, -0.1) is 11.3 Å². The molecule has 0 spiro atoms. The highest BCUT2D eigenvalue weighted by Gasteiger charge is 2.15. The van der Waals surface area contributed by atoms with Crippen molar-refractivity contribution in [2.75, 3.05) is 13.6 Å². The van der Waals surface area contributed by atoms with Gasteiger partial charge in [0.2, 0.25) is 0 Å². The topological polar surface area (TPSA) is 20.3 Å². The number of benzene rings is 1. The van der Waals surface area contributed by atoms with E-state index in [1.54, 1.807) is 11.3 Å². The van der Waals surface area contributed by atoms with Gasteiger partial charge >= 0.3 is 0 Å². The van der Waals surface area contributed by atoms with E-state index in [-0.39, 0.29) is 5.78 Å². The highest BCUT2D eigenvalue weighted by atomic mass is 32.1. The fourth-order valence-electron chi connectivity index (χ4n) is 2.17. The maximum atomic E-state index is 12.3. The molecule has 0 aliphatic rings. The van der Waals surface area contributed by atoms with Crippen LogP contribution in [0.15, 0.2) is 41.8 Å². The van der Waals surface area contributed by atoms with Crippen LogP contribution in [-0.4, -0.2) is 30.3 Å². The van der Waals surface area contributed by atoms with Crippen LogP contribution >= 0.6 is 11.3 Å². The van der Waals surface area contributed by atoms with Crippen LogP contribution in [0.5, 0.6) is 0 Å². The minimum Gasteiger partial charge on any atom is -0.296 e. The van der Waals surface area contributed by atoms with Crippen molar-refractivity contribution in [3.63, 3.8) is 0 Å². The van der Waals surface area contributed by atoms with Crippen molar-refractivity contribution < 1.29 is 4.79 Å². The zero-order valence-electron chi connectivity index (χ0n) is 12.3. The Bertz CT molecular complexity index is 562. The molecule has 1 unspecified atom stereocenters. The molecule has 0 radical (unpaired) electrons. The number of thiophene rings is 1. The first-order chi connectivity index (χ1) is 9.56. The van der Waals surface area contributed by atoms with Crippen molar-refractivity contribution in [3.8, 4) is 0 Å². The van der Waals surface area contributed by atoms with Gasteiger partial charge < -0.3 is 0 Å². The number of ketones is 1. The van der Waals surface area contributed by atoms with Crippen LogP contribution in [0, 0.1) is 6.92 Å². The molecular formula is C17H21NOS. The second kappa shape index (κ2) is 6.82. The van der Waals surface area contributed by atoms with Gasteiger partial charge in [0.15, 0.2) is 5.78 Å². The van der Waals surface area contributed by atoms with E-state index < -0.39 is 0 Å². The molecule has 0 bridgehead atoms. The monoisotopic (exact) mass is 287 g/mol. The summed E-state index contributed by atoms with van der Waals surface area (Å²) in [7, 11) is 2.02. The highest BCUT2D eigenvalue weighted by molar-refractivity contribution is 7.09. The Morgan fingerprint density at radius 2 is 2.10 bits per heavy atom. The Hall–Kier alpha value is -1.45. The Kier molecular flexibility index (Phi) is 5.10. The van der Waals surface area contributed by atoms with E-state index in [1.807, 2.05) is 38.2 Å². The zero-order chi connectivity index (χ0) is 14.5. The van der Waals surface area contributed by atoms with Gasteiger partial charge in [-0.25, -0.2) is 0 Å². The highest BCUT2D eigenvalue weighted by Crippen LogP contribution is 2.14. The van der Waals surface area contributed by atoms with Crippen molar-refractivity contribution in [2.24, 2.45) is 0 Å². The average molecular weight is 287 g/mol. The van der Waals surface area contributed by atoms with Gasteiger partial charge in [-0.3, -0.25) is 9.69 Å². The summed E-state index contributed by atoms with van der Waals surface area (Å²) in [5.74, 6) is 0.189. The van der Waals surface area contributed by atoms with Crippen LogP contribution in [0.4, 0.5) is 0 Å². The number of carbonyl (C=O) groups is 1. The van der Waals surface area contributed by atoms with Crippen molar-refractivity contribution in [1.82, 2.24) is 4.90 Å². The fourth-order valence-corrected chi connectivity index (χ4v) is 2.99. The average Bonchev–Trinajstić information content (AvgIpc) is 2.91. The number of likely N-dealkylation sites (N-methyl/N-ethyl adjacent to an activating group) is 1. The van der Waals surface area contributed by atoms with Gasteiger partial charge in [0.1, 0.15) is 0 Å². The fraction of sp³-hybridized carbons (Fsp3) is 0.353. The van der Waals surface area contributed by atoms with Gasteiger partial charge in [-0.1, -0.05) is 29.8 Å². The summed E-state index contributed by atoms with van der Waals surface area (Å²) >= 11 is 1.77. The van der Waals surface area contributed by atoms with Gasteiger partial charge in [0.05, 0.1) is 6.54 Å². The maximum absolute atomic E-state index is 12.3. The van der Waals surface area contributed by atoms with Crippen LogP contribution in [0.2, 0.25) is 0 Å². The van der Waals surface area contributed by atoms with Crippen LogP contribution < -0.4 is 0 Å². The van der Waals surface area contributed by atoms with Gasteiger partial charge in [-0.05, 0) is 44.8 Å². The summed E-state index contributed by atoms with van der Waals surface area (Å²) < 4.78 is 0. The predicted molar refractivity (Wildman–Crippen MR) is 85.6 cm³/mol. The van der Waals surface area contributed by atoms with E-state index in [0.717, 1.165) is 17.5 Å². The smallest absolute Gasteiger partial charge is 0.176 e. The lowest BCUT2D eigenvalue weighted by Crippen LogP contribution is -2.35. The van der Waals surface area contributed by atoms with Crippen LogP contribution in [0.3, 0.4) is 0 Å². The zero-order valence-corrected chi connectivity index (χ0v) is 13.1. The molecule has 106 valence electrons.